The number of hydrogen-bond acceptors (Lipinski definition) is 4. The third-order valence-corrected chi connectivity index (χ3v) is 7.46. The van der Waals surface area contributed by atoms with Crippen LogP contribution in [0.25, 0.3) is 0 Å². The molecule has 2 fully saturated rings. The summed E-state index contributed by atoms with van der Waals surface area (Å²) < 4.78 is 12.4. The highest BCUT2D eigenvalue weighted by atomic mass is 16.5. The second-order valence-corrected chi connectivity index (χ2v) is 8.46. The maximum absolute atomic E-state index is 6.74. The van der Waals surface area contributed by atoms with Crippen molar-refractivity contribution in [2.45, 2.75) is 62.6 Å². The van der Waals surface area contributed by atoms with Crippen molar-refractivity contribution >= 4 is 0 Å². The molecule has 2 aliphatic carbocycles. The molecular weight excluding hydrogens is 312 g/mol. The summed E-state index contributed by atoms with van der Waals surface area (Å²) in [7, 11) is 4.09. The van der Waals surface area contributed by atoms with Gasteiger partial charge in [0.25, 0.3) is 0 Å². The summed E-state index contributed by atoms with van der Waals surface area (Å²) in [4.78, 5) is 2.61. The lowest BCUT2D eigenvalue weighted by Crippen LogP contribution is -2.68. The molecule has 1 spiro atoms. The summed E-state index contributed by atoms with van der Waals surface area (Å²) in [5.41, 5.74) is 3.20. The first-order valence-corrected chi connectivity index (χ1v) is 10.0. The third-order valence-electron chi connectivity index (χ3n) is 7.46. The monoisotopic (exact) mass is 342 g/mol. The maximum atomic E-state index is 6.74. The Labute approximate surface area is 150 Å². The molecule has 1 saturated carbocycles. The van der Waals surface area contributed by atoms with Crippen LogP contribution in [0.2, 0.25) is 0 Å². The van der Waals surface area contributed by atoms with Crippen LogP contribution in [0, 0.1) is 5.92 Å². The molecule has 4 heteroatoms. The van der Waals surface area contributed by atoms with Crippen LogP contribution in [0.15, 0.2) is 12.1 Å². The Balaban J connectivity index is 1.67. The maximum Gasteiger partial charge on any atom is 0.165 e. The van der Waals surface area contributed by atoms with E-state index < -0.39 is 0 Å². The SMILES string of the molecule is CCCNC1CCC2C3Cc4ccc(OC)c5c4[C@]2(CCN3C)C1O5. The molecule has 0 aromatic heterocycles. The largest absolute Gasteiger partial charge is 0.493 e. The number of likely N-dealkylation sites (tertiary alicyclic amines) is 1. The first-order chi connectivity index (χ1) is 12.2. The summed E-state index contributed by atoms with van der Waals surface area (Å²) in [6, 6.07) is 5.55. The fourth-order valence-corrected chi connectivity index (χ4v) is 6.43. The Morgan fingerprint density at radius 2 is 2.24 bits per heavy atom. The van der Waals surface area contributed by atoms with E-state index in [4.69, 9.17) is 9.47 Å². The van der Waals surface area contributed by atoms with Crippen molar-refractivity contribution in [1.29, 1.82) is 0 Å². The van der Waals surface area contributed by atoms with Crippen molar-refractivity contribution in [2.24, 2.45) is 5.92 Å². The number of piperidine rings is 1. The minimum Gasteiger partial charge on any atom is -0.493 e. The molecule has 5 atom stereocenters. The minimum atomic E-state index is 0.193. The molecule has 1 aromatic carbocycles. The highest BCUT2D eigenvalue weighted by Crippen LogP contribution is 2.63. The van der Waals surface area contributed by atoms with E-state index in [0.717, 1.165) is 24.0 Å². The summed E-state index contributed by atoms with van der Waals surface area (Å²) >= 11 is 0. The Bertz CT molecular complexity index is 691. The minimum absolute atomic E-state index is 0.193. The zero-order valence-corrected chi connectivity index (χ0v) is 15.7. The fourth-order valence-electron chi connectivity index (χ4n) is 6.43. The molecule has 0 radical (unpaired) electrons. The van der Waals surface area contributed by atoms with E-state index in [9.17, 15) is 0 Å². The molecule has 136 valence electrons. The summed E-state index contributed by atoms with van der Waals surface area (Å²) in [6.07, 6.45) is 6.36. The van der Waals surface area contributed by atoms with Crippen molar-refractivity contribution in [3.8, 4) is 11.5 Å². The molecule has 4 nitrogen and oxygen atoms in total. The van der Waals surface area contributed by atoms with Gasteiger partial charge in [0.1, 0.15) is 6.10 Å². The number of benzene rings is 1. The highest BCUT2D eigenvalue weighted by Gasteiger charge is 2.65. The van der Waals surface area contributed by atoms with Gasteiger partial charge in [0.15, 0.2) is 11.5 Å². The van der Waals surface area contributed by atoms with Gasteiger partial charge in [0, 0.05) is 23.1 Å². The number of likely N-dealkylation sites (N-methyl/N-ethyl adjacent to an activating group) is 1. The summed E-state index contributed by atoms with van der Waals surface area (Å²) in [5.74, 6) is 2.70. The molecule has 2 aliphatic heterocycles. The third kappa shape index (κ3) is 1.95. The van der Waals surface area contributed by atoms with Crippen LogP contribution in [0.3, 0.4) is 0 Å². The number of ether oxygens (including phenoxy) is 2. The molecule has 1 N–H and O–H groups in total. The standard InChI is InChI=1S/C21H30N2O2/c1-4-10-22-15-7-6-14-16-12-13-5-8-17(24-3)19-18(13)21(14,20(15)25-19)9-11-23(16)2/h5,8,14-16,20,22H,4,6-7,9-12H2,1-3H3/t14?,15?,16?,20?,21-/m1/s1. The molecule has 1 aromatic rings. The van der Waals surface area contributed by atoms with Crippen LogP contribution < -0.4 is 14.8 Å². The zero-order valence-electron chi connectivity index (χ0n) is 15.7. The molecule has 4 aliphatic rings. The molecular formula is C21H30N2O2. The van der Waals surface area contributed by atoms with Crippen LogP contribution in [0.1, 0.15) is 43.7 Å². The average Bonchev–Trinajstić information content (AvgIpc) is 2.98. The predicted molar refractivity (Wildman–Crippen MR) is 98.6 cm³/mol. The van der Waals surface area contributed by atoms with E-state index in [0.29, 0.717) is 12.1 Å². The molecule has 4 unspecified atom stereocenters. The van der Waals surface area contributed by atoms with Gasteiger partial charge in [0.05, 0.1) is 7.11 Å². The average molecular weight is 342 g/mol. The van der Waals surface area contributed by atoms with Gasteiger partial charge < -0.3 is 19.7 Å². The number of rotatable bonds is 4. The molecule has 2 bridgehead atoms. The molecule has 2 heterocycles. The Morgan fingerprint density at radius 3 is 3.04 bits per heavy atom. The number of nitrogens with one attached hydrogen (secondary N) is 1. The van der Waals surface area contributed by atoms with Crippen molar-refractivity contribution in [1.82, 2.24) is 10.2 Å². The molecule has 25 heavy (non-hydrogen) atoms. The molecule has 5 rings (SSSR count). The van der Waals surface area contributed by atoms with Crippen molar-refractivity contribution in [2.75, 3.05) is 27.2 Å². The zero-order chi connectivity index (χ0) is 17.2. The summed E-state index contributed by atoms with van der Waals surface area (Å²) in [6.45, 7) is 4.50. The second kappa shape index (κ2) is 5.62. The van der Waals surface area contributed by atoms with Gasteiger partial charge >= 0.3 is 0 Å². The predicted octanol–water partition coefficient (Wildman–Crippen LogP) is 2.73. The van der Waals surface area contributed by atoms with E-state index in [1.54, 1.807) is 7.11 Å². The van der Waals surface area contributed by atoms with Crippen LogP contribution in [-0.2, 0) is 11.8 Å². The van der Waals surface area contributed by atoms with Gasteiger partial charge in [-0.1, -0.05) is 13.0 Å². The second-order valence-electron chi connectivity index (χ2n) is 8.46. The van der Waals surface area contributed by atoms with Gasteiger partial charge in [-0.15, -0.1) is 0 Å². The van der Waals surface area contributed by atoms with E-state index in [1.807, 2.05) is 0 Å². The van der Waals surface area contributed by atoms with Crippen molar-refractivity contribution in [3.05, 3.63) is 23.3 Å². The Kier molecular flexibility index (Phi) is 3.58. The lowest BCUT2D eigenvalue weighted by atomic mass is 9.51. The van der Waals surface area contributed by atoms with Gasteiger partial charge in [-0.3, -0.25) is 0 Å². The van der Waals surface area contributed by atoms with E-state index in [1.165, 1.54) is 49.8 Å². The van der Waals surface area contributed by atoms with Crippen LogP contribution in [0.4, 0.5) is 0 Å². The lowest BCUT2D eigenvalue weighted by molar-refractivity contribution is -0.0571. The number of methoxy groups -OCH3 is 1. The van der Waals surface area contributed by atoms with E-state index >= 15 is 0 Å². The smallest absolute Gasteiger partial charge is 0.165 e. The highest BCUT2D eigenvalue weighted by molar-refractivity contribution is 5.61. The van der Waals surface area contributed by atoms with Crippen LogP contribution in [0.5, 0.6) is 11.5 Å². The van der Waals surface area contributed by atoms with Crippen molar-refractivity contribution in [3.63, 3.8) is 0 Å². The van der Waals surface area contributed by atoms with Gasteiger partial charge in [-0.2, -0.15) is 0 Å². The quantitative estimate of drug-likeness (QED) is 0.912. The van der Waals surface area contributed by atoms with Crippen LogP contribution >= 0.6 is 0 Å². The van der Waals surface area contributed by atoms with Crippen LogP contribution in [-0.4, -0.2) is 50.3 Å². The molecule has 0 amide bonds. The first kappa shape index (κ1) is 16.0. The topological polar surface area (TPSA) is 33.7 Å². The fraction of sp³-hybridized carbons (Fsp3) is 0.714. The normalized spacial score (nSPS) is 38.2. The summed E-state index contributed by atoms with van der Waals surface area (Å²) in [5, 5.41) is 3.81. The van der Waals surface area contributed by atoms with Gasteiger partial charge in [-0.25, -0.2) is 0 Å². The molecule has 1 saturated heterocycles. The number of nitrogens with zero attached hydrogens (tertiary/aromatic N) is 1. The van der Waals surface area contributed by atoms with Gasteiger partial charge in [-0.05, 0) is 69.8 Å². The number of hydrogen-bond donors (Lipinski definition) is 1. The Morgan fingerprint density at radius 1 is 1.36 bits per heavy atom. The Hall–Kier alpha value is -1.26. The van der Waals surface area contributed by atoms with E-state index in [2.05, 4.69) is 36.3 Å². The lowest BCUT2D eigenvalue weighted by Gasteiger charge is -2.59. The van der Waals surface area contributed by atoms with Crippen molar-refractivity contribution < 1.29 is 9.47 Å². The van der Waals surface area contributed by atoms with Gasteiger partial charge in [0.2, 0.25) is 0 Å². The van der Waals surface area contributed by atoms with E-state index in [-0.39, 0.29) is 11.5 Å². The first-order valence-electron chi connectivity index (χ1n) is 10.0.